The molecule has 0 amide bonds. The summed E-state index contributed by atoms with van der Waals surface area (Å²) in [5, 5.41) is 0. The molecule has 0 aliphatic rings. The Hall–Kier alpha value is 0.200. The van der Waals surface area contributed by atoms with E-state index in [2.05, 4.69) is 29.5 Å². The summed E-state index contributed by atoms with van der Waals surface area (Å²) in [6.07, 6.45) is 5.35. The highest BCUT2D eigenvalue weighted by Crippen LogP contribution is 2.17. The molecule has 0 saturated carbocycles. The Kier molecular flexibility index (Phi) is 9.88. The number of esters is 1. The molecule has 2 nitrogen and oxygen atoms in total. The standard InChI is InChI=1S/C11H21IO2/c1-3-10(7-5-6-8-12)9-11(13)14-4-2/h10H,3-9H2,1-2H3. The molecule has 0 radical (unpaired) electrons. The molecule has 14 heavy (non-hydrogen) atoms. The Bertz CT molecular complexity index is 148. The Morgan fingerprint density at radius 2 is 2.07 bits per heavy atom. The first-order chi connectivity index (χ1) is 6.74. The van der Waals surface area contributed by atoms with Gasteiger partial charge in [0.05, 0.1) is 6.61 Å². The molecule has 0 spiro atoms. The number of halogens is 1. The van der Waals surface area contributed by atoms with Crippen LogP contribution in [-0.2, 0) is 9.53 Å². The fourth-order valence-electron chi connectivity index (χ4n) is 1.43. The van der Waals surface area contributed by atoms with E-state index in [1.165, 1.54) is 17.3 Å². The molecule has 1 unspecified atom stereocenters. The van der Waals surface area contributed by atoms with Crippen molar-refractivity contribution in [1.29, 1.82) is 0 Å². The second kappa shape index (κ2) is 9.74. The van der Waals surface area contributed by atoms with Gasteiger partial charge in [-0.05, 0) is 30.1 Å². The second-order valence-corrected chi connectivity index (χ2v) is 4.55. The van der Waals surface area contributed by atoms with Crippen LogP contribution in [0.5, 0.6) is 0 Å². The molecule has 0 aliphatic carbocycles. The lowest BCUT2D eigenvalue weighted by molar-refractivity contribution is -0.144. The molecule has 0 bridgehead atoms. The molecule has 3 heteroatoms. The zero-order valence-electron chi connectivity index (χ0n) is 9.22. The maximum atomic E-state index is 11.2. The molecule has 0 N–H and O–H groups in total. The van der Waals surface area contributed by atoms with Gasteiger partial charge in [-0.15, -0.1) is 0 Å². The average Bonchev–Trinajstić information content (AvgIpc) is 2.17. The number of ether oxygens (including phenoxy) is 1. The Balaban J connectivity index is 3.61. The monoisotopic (exact) mass is 312 g/mol. The van der Waals surface area contributed by atoms with Crippen molar-refractivity contribution in [3.05, 3.63) is 0 Å². The topological polar surface area (TPSA) is 26.3 Å². The van der Waals surface area contributed by atoms with Gasteiger partial charge in [0, 0.05) is 6.42 Å². The van der Waals surface area contributed by atoms with Crippen LogP contribution in [-0.4, -0.2) is 17.0 Å². The lowest BCUT2D eigenvalue weighted by atomic mass is 9.96. The summed E-state index contributed by atoms with van der Waals surface area (Å²) in [5.41, 5.74) is 0. The molecule has 0 saturated heterocycles. The van der Waals surface area contributed by atoms with E-state index >= 15 is 0 Å². The van der Waals surface area contributed by atoms with E-state index in [0.717, 1.165) is 12.8 Å². The summed E-state index contributed by atoms with van der Waals surface area (Å²) in [7, 11) is 0. The van der Waals surface area contributed by atoms with Crippen LogP contribution in [0.2, 0.25) is 0 Å². The summed E-state index contributed by atoms with van der Waals surface area (Å²) in [5.74, 6) is 0.492. The largest absolute Gasteiger partial charge is 0.466 e. The quantitative estimate of drug-likeness (QED) is 0.296. The Labute approximate surface area is 101 Å². The first-order valence-corrected chi connectivity index (χ1v) is 6.98. The first-order valence-electron chi connectivity index (χ1n) is 5.46. The SMILES string of the molecule is CCOC(=O)CC(CC)CCCCI. The normalized spacial score (nSPS) is 12.5. The van der Waals surface area contributed by atoms with E-state index in [0.29, 0.717) is 18.9 Å². The first kappa shape index (κ1) is 14.2. The van der Waals surface area contributed by atoms with Gasteiger partial charge < -0.3 is 4.74 Å². The minimum Gasteiger partial charge on any atom is -0.466 e. The van der Waals surface area contributed by atoms with Crippen LogP contribution < -0.4 is 0 Å². The van der Waals surface area contributed by atoms with Crippen LogP contribution in [0, 0.1) is 5.92 Å². The molecule has 0 aromatic rings. The highest BCUT2D eigenvalue weighted by atomic mass is 127. The van der Waals surface area contributed by atoms with Gasteiger partial charge in [0.25, 0.3) is 0 Å². The van der Waals surface area contributed by atoms with Crippen LogP contribution in [0.3, 0.4) is 0 Å². The maximum absolute atomic E-state index is 11.2. The molecule has 84 valence electrons. The summed E-state index contributed by atoms with van der Waals surface area (Å²) in [6.45, 7) is 4.51. The molecule has 0 aliphatic heterocycles. The fraction of sp³-hybridized carbons (Fsp3) is 0.909. The minimum absolute atomic E-state index is 0.0335. The predicted molar refractivity (Wildman–Crippen MR) is 67.8 cm³/mol. The zero-order valence-corrected chi connectivity index (χ0v) is 11.4. The van der Waals surface area contributed by atoms with Gasteiger partial charge >= 0.3 is 5.97 Å². The van der Waals surface area contributed by atoms with Crippen molar-refractivity contribution in [3.8, 4) is 0 Å². The van der Waals surface area contributed by atoms with Crippen molar-refractivity contribution in [3.63, 3.8) is 0 Å². The fourth-order valence-corrected chi connectivity index (χ4v) is 1.97. The summed E-state index contributed by atoms with van der Waals surface area (Å²) < 4.78 is 6.16. The van der Waals surface area contributed by atoms with Gasteiger partial charge in [0.2, 0.25) is 0 Å². The molecule has 0 rings (SSSR count). The van der Waals surface area contributed by atoms with Gasteiger partial charge in [-0.3, -0.25) is 4.79 Å². The van der Waals surface area contributed by atoms with Crippen LogP contribution in [0.15, 0.2) is 0 Å². The Morgan fingerprint density at radius 3 is 2.57 bits per heavy atom. The highest BCUT2D eigenvalue weighted by Gasteiger charge is 2.12. The molecular weight excluding hydrogens is 291 g/mol. The molecule has 1 atom stereocenters. The van der Waals surface area contributed by atoms with Crippen LogP contribution in [0.4, 0.5) is 0 Å². The summed E-state index contributed by atoms with van der Waals surface area (Å²) in [4.78, 5) is 11.2. The third-order valence-corrected chi connectivity index (χ3v) is 3.10. The van der Waals surface area contributed by atoms with Crippen molar-refractivity contribution in [2.75, 3.05) is 11.0 Å². The van der Waals surface area contributed by atoms with E-state index < -0.39 is 0 Å². The van der Waals surface area contributed by atoms with Crippen LogP contribution >= 0.6 is 22.6 Å². The number of hydrogen-bond acceptors (Lipinski definition) is 2. The third kappa shape index (κ3) is 7.59. The van der Waals surface area contributed by atoms with Crippen LogP contribution in [0.25, 0.3) is 0 Å². The minimum atomic E-state index is -0.0335. The molecule has 0 aromatic carbocycles. The zero-order chi connectivity index (χ0) is 10.8. The Morgan fingerprint density at radius 1 is 1.36 bits per heavy atom. The number of rotatable bonds is 8. The highest BCUT2D eigenvalue weighted by molar-refractivity contribution is 14.1. The number of unbranched alkanes of at least 4 members (excludes halogenated alkanes) is 1. The van der Waals surface area contributed by atoms with E-state index in [1.807, 2.05) is 6.92 Å². The predicted octanol–water partition coefficient (Wildman–Crippen LogP) is 3.57. The number of alkyl halides is 1. The van der Waals surface area contributed by atoms with Gasteiger partial charge in [-0.1, -0.05) is 42.4 Å². The van der Waals surface area contributed by atoms with E-state index in [4.69, 9.17) is 4.74 Å². The molecule has 0 fully saturated rings. The van der Waals surface area contributed by atoms with E-state index in [1.54, 1.807) is 0 Å². The molecular formula is C11H21IO2. The van der Waals surface area contributed by atoms with E-state index in [-0.39, 0.29) is 5.97 Å². The van der Waals surface area contributed by atoms with Crippen LogP contribution in [0.1, 0.15) is 46.0 Å². The summed E-state index contributed by atoms with van der Waals surface area (Å²) in [6, 6.07) is 0. The molecule has 0 aromatic heterocycles. The average molecular weight is 312 g/mol. The number of hydrogen-bond donors (Lipinski definition) is 0. The lowest BCUT2D eigenvalue weighted by Crippen LogP contribution is -2.11. The smallest absolute Gasteiger partial charge is 0.306 e. The van der Waals surface area contributed by atoms with Crippen molar-refractivity contribution in [1.82, 2.24) is 0 Å². The third-order valence-electron chi connectivity index (χ3n) is 2.33. The summed E-state index contributed by atoms with van der Waals surface area (Å²) >= 11 is 2.39. The van der Waals surface area contributed by atoms with Gasteiger partial charge in [-0.2, -0.15) is 0 Å². The number of carbonyl (C=O) groups is 1. The number of carbonyl (C=O) groups excluding carboxylic acids is 1. The van der Waals surface area contributed by atoms with Gasteiger partial charge in [0.15, 0.2) is 0 Å². The second-order valence-electron chi connectivity index (χ2n) is 3.47. The van der Waals surface area contributed by atoms with Crippen molar-refractivity contribution >= 4 is 28.6 Å². The van der Waals surface area contributed by atoms with Gasteiger partial charge in [-0.25, -0.2) is 0 Å². The van der Waals surface area contributed by atoms with E-state index in [9.17, 15) is 4.79 Å². The van der Waals surface area contributed by atoms with Crippen molar-refractivity contribution in [2.45, 2.75) is 46.0 Å². The molecule has 0 heterocycles. The van der Waals surface area contributed by atoms with Crippen molar-refractivity contribution in [2.24, 2.45) is 5.92 Å². The maximum Gasteiger partial charge on any atom is 0.306 e. The van der Waals surface area contributed by atoms with Gasteiger partial charge in [0.1, 0.15) is 0 Å². The lowest BCUT2D eigenvalue weighted by Gasteiger charge is -2.13. The van der Waals surface area contributed by atoms with Crippen molar-refractivity contribution < 1.29 is 9.53 Å².